The summed E-state index contributed by atoms with van der Waals surface area (Å²) in [7, 11) is 1.54. The van der Waals surface area contributed by atoms with E-state index < -0.39 is 5.97 Å². The first-order valence-corrected chi connectivity index (χ1v) is 9.29. The molecule has 0 aliphatic rings. The molecule has 0 atom stereocenters. The third kappa shape index (κ3) is 5.18. The molecule has 0 saturated heterocycles. The maximum atomic E-state index is 12.3. The first-order valence-electron chi connectivity index (χ1n) is 7.42. The van der Waals surface area contributed by atoms with Gasteiger partial charge in [-0.1, -0.05) is 28.1 Å². The zero-order chi connectivity index (χ0) is 18.4. The summed E-state index contributed by atoms with van der Waals surface area (Å²) in [4.78, 5) is 24.4. The van der Waals surface area contributed by atoms with Crippen LogP contribution >= 0.6 is 38.5 Å². The lowest BCUT2D eigenvalue weighted by atomic mass is 10.1. The van der Waals surface area contributed by atoms with Gasteiger partial charge in [-0.2, -0.15) is 0 Å². The molecule has 0 fully saturated rings. The number of hydrogen-bond donors (Lipinski definition) is 0. The molecule has 0 aliphatic carbocycles. The summed E-state index contributed by atoms with van der Waals surface area (Å²) in [5, 5.41) is 0. The summed E-state index contributed by atoms with van der Waals surface area (Å²) in [6, 6.07) is 10.0. The van der Waals surface area contributed by atoms with Crippen molar-refractivity contribution >= 4 is 50.3 Å². The number of ketones is 1. The summed E-state index contributed by atoms with van der Waals surface area (Å²) in [5.74, 6) is 0.161. The number of carbonyl (C=O) groups excluding carboxylic acids is 2. The molecule has 0 amide bonds. The van der Waals surface area contributed by atoms with Crippen molar-refractivity contribution in [1.82, 2.24) is 0 Å². The first-order chi connectivity index (χ1) is 12.0. The van der Waals surface area contributed by atoms with Crippen molar-refractivity contribution in [3.05, 3.63) is 55.6 Å². The van der Waals surface area contributed by atoms with Crippen molar-refractivity contribution in [2.24, 2.45) is 0 Å². The number of Topliss-reactive ketones (excluding diaryl/α,β-unsaturated/α-hetero) is 1. The minimum atomic E-state index is -0.591. The molecule has 0 bridgehead atoms. The molecule has 0 N–H and O–H groups in total. The van der Waals surface area contributed by atoms with Gasteiger partial charge in [0, 0.05) is 10.0 Å². The Morgan fingerprint density at radius 2 is 1.80 bits per heavy atom. The van der Waals surface area contributed by atoms with Gasteiger partial charge in [0.2, 0.25) is 0 Å². The zero-order valence-corrected chi connectivity index (χ0v) is 17.4. The maximum Gasteiger partial charge on any atom is 0.338 e. The number of esters is 1. The summed E-state index contributed by atoms with van der Waals surface area (Å²) in [5.41, 5.74) is 0.785. The highest BCUT2D eigenvalue weighted by Crippen LogP contribution is 2.34. The van der Waals surface area contributed by atoms with Gasteiger partial charge in [-0.05, 0) is 53.8 Å². The van der Waals surface area contributed by atoms with Gasteiger partial charge in [-0.15, -0.1) is 0 Å². The van der Waals surface area contributed by atoms with Crippen molar-refractivity contribution in [2.45, 2.75) is 6.92 Å². The predicted molar refractivity (Wildman–Crippen MR) is 106 cm³/mol. The van der Waals surface area contributed by atoms with Crippen LogP contribution in [0.2, 0.25) is 0 Å². The first kappa shape index (κ1) is 19.7. The Morgan fingerprint density at radius 1 is 1.12 bits per heavy atom. The Labute approximate surface area is 167 Å². The van der Waals surface area contributed by atoms with E-state index >= 15 is 0 Å². The molecule has 0 heterocycles. The van der Waals surface area contributed by atoms with Gasteiger partial charge < -0.3 is 14.2 Å². The Morgan fingerprint density at radius 3 is 2.40 bits per heavy atom. The van der Waals surface area contributed by atoms with E-state index in [1.807, 2.05) is 6.92 Å². The Hall–Kier alpha value is -1.61. The summed E-state index contributed by atoms with van der Waals surface area (Å²) in [6.07, 6.45) is 0. The molecule has 0 aliphatic heterocycles. The number of ether oxygens (including phenoxy) is 3. The lowest BCUT2D eigenvalue weighted by Crippen LogP contribution is -2.14. The zero-order valence-electron chi connectivity index (χ0n) is 13.7. The Balaban J connectivity index is 2.10. The fourth-order valence-electron chi connectivity index (χ4n) is 2.08. The van der Waals surface area contributed by atoms with Gasteiger partial charge >= 0.3 is 5.97 Å². The molecule has 25 heavy (non-hydrogen) atoms. The fourth-order valence-corrected chi connectivity index (χ4v) is 3.17. The van der Waals surface area contributed by atoms with Crippen LogP contribution in [0.25, 0.3) is 0 Å². The van der Waals surface area contributed by atoms with E-state index in [9.17, 15) is 9.59 Å². The monoisotopic (exact) mass is 518 g/mol. The molecule has 2 rings (SSSR count). The van der Waals surface area contributed by atoms with Crippen LogP contribution in [-0.2, 0) is 4.74 Å². The number of carbonyl (C=O) groups is 2. The van der Waals surface area contributed by atoms with Crippen molar-refractivity contribution < 1.29 is 23.8 Å². The molecular weight excluding hydrogens is 503 g/mol. The lowest BCUT2D eigenvalue weighted by molar-refractivity contribution is 0.0474. The van der Waals surface area contributed by atoms with Gasteiger partial charge in [0.15, 0.2) is 23.9 Å². The number of halogens is 2. The number of benzene rings is 2. The van der Waals surface area contributed by atoms with Crippen LogP contribution in [0.4, 0.5) is 0 Å². The van der Waals surface area contributed by atoms with Crippen molar-refractivity contribution in [3.63, 3.8) is 0 Å². The molecule has 2 aromatic carbocycles. The van der Waals surface area contributed by atoms with Crippen LogP contribution in [0.15, 0.2) is 40.9 Å². The average molecular weight is 519 g/mol. The van der Waals surface area contributed by atoms with Gasteiger partial charge in [0.05, 0.1) is 22.9 Å². The van der Waals surface area contributed by atoms with Crippen molar-refractivity contribution in [3.8, 4) is 11.5 Å². The van der Waals surface area contributed by atoms with Crippen molar-refractivity contribution in [2.75, 3.05) is 20.3 Å². The van der Waals surface area contributed by atoms with E-state index in [-0.39, 0.29) is 12.4 Å². The normalized spacial score (nSPS) is 10.2. The highest BCUT2D eigenvalue weighted by Gasteiger charge is 2.17. The molecule has 0 unspecified atom stereocenters. The van der Waals surface area contributed by atoms with Crippen LogP contribution in [0.5, 0.6) is 11.5 Å². The second-order valence-electron chi connectivity index (χ2n) is 4.93. The van der Waals surface area contributed by atoms with Crippen LogP contribution in [0, 0.1) is 3.57 Å². The minimum absolute atomic E-state index is 0.269. The van der Waals surface area contributed by atoms with Gasteiger partial charge in [0.25, 0.3) is 0 Å². The summed E-state index contributed by atoms with van der Waals surface area (Å²) < 4.78 is 17.5. The predicted octanol–water partition coefficient (Wildman–Crippen LogP) is 4.50. The smallest absolute Gasteiger partial charge is 0.338 e. The van der Waals surface area contributed by atoms with E-state index in [1.165, 1.54) is 7.11 Å². The third-order valence-corrected chi connectivity index (χ3v) is 4.58. The quantitative estimate of drug-likeness (QED) is 0.307. The molecule has 0 saturated carbocycles. The highest BCUT2D eigenvalue weighted by molar-refractivity contribution is 14.1. The SMILES string of the molecule is CCOc1cc(C(=O)OCC(=O)c2ccc(Br)cc2)cc(I)c1OC. The van der Waals surface area contributed by atoms with Gasteiger partial charge in [0.1, 0.15) is 0 Å². The maximum absolute atomic E-state index is 12.3. The van der Waals surface area contributed by atoms with Crippen LogP contribution in [0.1, 0.15) is 27.6 Å². The second kappa shape index (κ2) is 9.19. The standard InChI is InChI=1S/C18H16BrIO5/c1-3-24-16-9-12(8-14(20)17(16)23-2)18(22)25-10-15(21)11-4-6-13(19)7-5-11/h4-9H,3,10H2,1-2H3. The Bertz CT molecular complexity index is 774. The lowest BCUT2D eigenvalue weighted by Gasteiger charge is -2.13. The topological polar surface area (TPSA) is 61.8 Å². The minimum Gasteiger partial charge on any atom is -0.492 e. The summed E-state index contributed by atoms with van der Waals surface area (Å²) >= 11 is 5.36. The number of methoxy groups -OCH3 is 1. The van der Waals surface area contributed by atoms with E-state index in [0.717, 1.165) is 8.04 Å². The molecule has 7 heteroatoms. The van der Waals surface area contributed by atoms with Crippen LogP contribution in [-0.4, -0.2) is 32.1 Å². The highest BCUT2D eigenvalue weighted by atomic mass is 127. The number of rotatable bonds is 7. The van der Waals surface area contributed by atoms with E-state index in [2.05, 4.69) is 38.5 Å². The largest absolute Gasteiger partial charge is 0.492 e. The molecule has 5 nitrogen and oxygen atoms in total. The molecule has 0 aromatic heterocycles. The molecule has 0 spiro atoms. The average Bonchev–Trinajstić information content (AvgIpc) is 2.60. The van der Waals surface area contributed by atoms with E-state index in [0.29, 0.717) is 29.2 Å². The van der Waals surface area contributed by atoms with E-state index in [4.69, 9.17) is 14.2 Å². The van der Waals surface area contributed by atoms with Crippen LogP contribution < -0.4 is 9.47 Å². The van der Waals surface area contributed by atoms with Crippen molar-refractivity contribution in [1.29, 1.82) is 0 Å². The third-order valence-electron chi connectivity index (χ3n) is 3.25. The molecule has 132 valence electrons. The number of hydrogen-bond acceptors (Lipinski definition) is 5. The summed E-state index contributed by atoms with van der Waals surface area (Å²) in [6.45, 7) is 1.95. The molecule has 2 aromatic rings. The van der Waals surface area contributed by atoms with E-state index in [1.54, 1.807) is 36.4 Å². The second-order valence-corrected chi connectivity index (χ2v) is 7.01. The fraction of sp³-hybridized carbons (Fsp3) is 0.222. The Kier molecular flexibility index (Phi) is 7.24. The van der Waals surface area contributed by atoms with Gasteiger partial charge in [-0.25, -0.2) is 4.79 Å². The van der Waals surface area contributed by atoms with Gasteiger partial charge in [-0.3, -0.25) is 4.79 Å². The van der Waals surface area contributed by atoms with Crippen LogP contribution in [0.3, 0.4) is 0 Å². The molecular formula is C18H16BrIO5. The molecule has 0 radical (unpaired) electrons.